The van der Waals surface area contributed by atoms with Crippen molar-refractivity contribution in [3.63, 3.8) is 0 Å². The third kappa shape index (κ3) is 3.83. The molecule has 7 heteroatoms. The van der Waals surface area contributed by atoms with Gasteiger partial charge in [0.05, 0.1) is 20.3 Å². The van der Waals surface area contributed by atoms with Crippen molar-refractivity contribution in [3.05, 3.63) is 65.0 Å². The van der Waals surface area contributed by atoms with Crippen molar-refractivity contribution in [1.29, 1.82) is 0 Å². The van der Waals surface area contributed by atoms with Gasteiger partial charge < -0.3 is 14.0 Å². The number of ether oxygens (including phenoxy) is 2. The van der Waals surface area contributed by atoms with Crippen LogP contribution >= 0.6 is 11.6 Å². The van der Waals surface area contributed by atoms with Gasteiger partial charge in [0.25, 0.3) is 0 Å². The minimum absolute atomic E-state index is 0.135. The summed E-state index contributed by atoms with van der Waals surface area (Å²) in [4.78, 5) is 6.83. The van der Waals surface area contributed by atoms with E-state index in [-0.39, 0.29) is 6.04 Å². The van der Waals surface area contributed by atoms with Crippen molar-refractivity contribution in [3.8, 4) is 17.1 Å². The molecule has 1 aliphatic rings. The molecule has 0 amide bonds. The highest BCUT2D eigenvalue weighted by Crippen LogP contribution is 2.32. The van der Waals surface area contributed by atoms with Gasteiger partial charge in [0.2, 0.25) is 11.7 Å². The zero-order chi connectivity index (χ0) is 18.6. The standard InChI is InChI=1S/C20H20ClN3O3/c1-25-18-9-5-8-16(21)15(18)12-24-10-11-26-13-17(24)20-22-19(23-27-20)14-6-3-2-4-7-14/h2-9,17H,10-13H2,1H3. The van der Waals surface area contributed by atoms with Crippen LogP contribution in [0.3, 0.4) is 0 Å². The molecule has 0 aliphatic carbocycles. The first-order valence-corrected chi connectivity index (χ1v) is 9.16. The Kier molecular flexibility index (Phi) is 5.38. The number of nitrogens with zero attached hydrogens (tertiary/aromatic N) is 3. The van der Waals surface area contributed by atoms with E-state index in [0.29, 0.717) is 36.5 Å². The van der Waals surface area contributed by atoms with E-state index in [1.165, 1.54) is 0 Å². The normalized spacial score (nSPS) is 17.8. The van der Waals surface area contributed by atoms with E-state index in [2.05, 4.69) is 15.0 Å². The van der Waals surface area contributed by atoms with Crippen molar-refractivity contribution in [2.45, 2.75) is 12.6 Å². The van der Waals surface area contributed by atoms with E-state index in [0.717, 1.165) is 23.4 Å². The Labute approximate surface area is 162 Å². The Balaban J connectivity index is 1.60. The molecule has 4 rings (SSSR count). The monoisotopic (exact) mass is 385 g/mol. The zero-order valence-corrected chi connectivity index (χ0v) is 15.7. The largest absolute Gasteiger partial charge is 0.496 e. The van der Waals surface area contributed by atoms with Gasteiger partial charge in [-0.3, -0.25) is 4.90 Å². The van der Waals surface area contributed by atoms with Gasteiger partial charge in [-0.15, -0.1) is 0 Å². The van der Waals surface area contributed by atoms with Gasteiger partial charge >= 0.3 is 0 Å². The summed E-state index contributed by atoms with van der Waals surface area (Å²) in [6.07, 6.45) is 0. The summed E-state index contributed by atoms with van der Waals surface area (Å²) < 4.78 is 16.7. The maximum atomic E-state index is 6.42. The summed E-state index contributed by atoms with van der Waals surface area (Å²) in [6, 6.07) is 15.3. The lowest BCUT2D eigenvalue weighted by Gasteiger charge is -2.33. The van der Waals surface area contributed by atoms with Crippen LogP contribution in [0.25, 0.3) is 11.4 Å². The second kappa shape index (κ2) is 8.08. The number of halogens is 1. The minimum atomic E-state index is -0.135. The van der Waals surface area contributed by atoms with Crippen LogP contribution in [-0.2, 0) is 11.3 Å². The second-order valence-corrected chi connectivity index (χ2v) is 6.71. The highest BCUT2D eigenvalue weighted by molar-refractivity contribution is 6.31. The molecule has 2 heterocycles. The molecule has 1 fully saturated rings. The van der Waals surface area contributed by atoms with Crippen LogP contribution in [0.15, 0.2) is 53.1 Å². The number of benzene rings is 2. The summed E-state index contributed by atoms with van der Waals surface area (Å²) in [7, 11) is 1.65. The maximum absolute atomic E-state index is 6.42. The van der Waals surface area contributed by atoms with E-state index in [9.17, 15) is 0 Å². The highest BCUT2D eigenvalue weighted by Gasteiger charge is 2.30. The number of aromatic nitrogens is 2. The predicted octanol–water partition coefficient (Wildman–Crippen LogP) is 3.97. The number of morpholine rings is 1. The van der Waals surface area contributed by atoms with Gasteiger partial charge in [0.1, 0.15) is 11.8 Å². The van der Waals surface area contributed by atoms with Crippen molar-refractivity contribution < 1.29 is 14.0 Å². The van der Waals surface area contributed by atoms with Crippen LogP contribution in [0, 0.1) is 0 Å². The van der Waals surface area contributed by atoms with Crippen LogP contribution in [0.2, 0.25) is 5.02 Å². The van der Waals surface area contributed by atoms with Gasteiger partial charge in [-0.25, -0.2) is 0 Å². The molecular weight excluding hydrogens is 366 g/mol. The van der Waals surface area contributed by atoms with Gasteiger partial charge in [0, 0.05) is 29.2 Å². The van der Waals surface area contributed by atoms with Crippen LogP contribution in [0.5, 0.6) is 5.75 Å². The lowest BCUT2D eigenvalue weighted by Crippen LogP contribution is -2.39. The lowest BCUT2D eigenvalue weighted by molar-refractivity contribution is -0.0243. The number of hydrogen-bond acceptors (Lipinski definition) is 6. The summed E-state index contributed by atoms with van der Waals surface area (Å²) in [5, 5.41) is 4.81. The zero-order valence-electron chi connectivity index (χ0n) is 15.0. The SMILES string of the molecule is COc1cccc(Cl)c1CN1CCOCC1c1nc(-c2ccccc2)no1. The summed E-state index contributed by atoms with van der Waals surface area (Å²) in [6.45, 7) is 2.48. The Morgan fingerprint density at radius 3 is 2.85 bits per heavy atom. The van der Waals surface area contributed by atoms with Crippen molar-refractivity contribution in [2.75, 3.05) is 26.9 Å². The molecule has 0 radical (unpaired) electrons. The molecular formula is C20H20ClN3O3. The van der Waals surface area contributed by atoms with E-state index in [4.69, 9.17) is 25.6 Å². The second-order valence-electron chi connectivity index (χ2n) is 6.30. The van der Waals surface area contributed by atoms with Gasteiger partial charge in [-0.2, -0.15) is 4.98 Å². The van der Waals surface area contributed by atoms with E-state index < -0.39 is 0 Å². The quantitative estimate of drug-likeness (QED) is 0.662. The molecule has 2 aromatic carbocycles. The maximum Gasteiger partial charge on any atom is 0.246 e. The summed E-state index contributed by atoms with van der Waals surface area (Å²) >= 11 is 6.42. The van der Waals surface area contributed by atoms with Gasteiger partial charge in [-0.1, -0.05) is 53.2 Å². The van der Waals surface area contributed by atoms with Crippen LogP contribution in [0.1, 0.15) is 17.5 Å². The molecule has 0 saturated carbocycles. The molecule has 0 bridgehead atoms. The third-order valence-corrected chi connectivity index (χ3v) is 5.01. The molecule has 1 aliphatic heterocycles. The smallest absolute Gasteiger partial charge is 0.246 e. The average Bonchev–Trinajstić information content (AvgIpc) is 3.20. The molecule has 27 heavy (non-hydrogen) atoms. The fraction of sp³-hybridized carbons (Fsp3) is 0.300. The Morgan fingerprint density at radius 2 is 2.04 bits per heavy atom. The van der Waals surface area contributed by atoms with Gasteiger partial charge in [0.15, 0.2) is 0 Å². The van der Waals surface area contributed by atoms with E-state index in [1.54, 1.807) is 7.11 Å². The van der Waals surface area contributed by atoms with Crippen LogP contribution < -0.4 is 4.74 Å². The first-order valence-electron chi connectivity index (χ1n) is 8.78. The van der Waals surface area contributed by atoms with E-state index >= 15 is 0 Å². The predicted molar refractivity (Wildman–Crippen MR) is 102 cm³/mol. The molecule has 3 aromatic rings. The van der Waals surface area contributed by atoms with Gasteiger partial charge in [-0.05, 0) is 12.1 Å². The topological polar surface area (TPSA) is 60.6 Å². The van der Waals surface area contributed by atoms with Crippen molar-refractivity contribution >= 4 is 11.6 Å². The molecule has 0 N–H and O–H groups in total. The highest BCUT2D eigenvalue weighted by atomic mass is 35.5. The first-order chi connectivity index (χ1) is 13.3. The fourth-order valence-corrected chi connectivity index (χ4v) is 3.44. The molecule has 1 unspecified atom stereocenters. The Morgan fingerprint density at radius 1 is 1.19 bits per heavy atom. The minimum Gasteiger partial charge on any atom is -0.496 e. The molecule has 1 atom stereocenters. The Bertz CT molecular complexity index is 900. The van der Waals surface area contributed by atoms with Crippen molar-refractivity contribution in [2.24, 2.45) is 0 Å². The fourth-order valence-electron chi connectivity index (χ4n) is 3.22. The first kappa shape index (κ1) is 18.0. The molecule has 140 valence electrons. The van der Waals surface area contributed by atoms with Crippen LogP contribution in [-0.4, -0.2) is 41.9 Å². The molecule has 6 nitrogen and oxygen atoms in total. The molecule has 0 spiro atoms. The van der Waals surface area contributed by atoms with Crippen LogP contribution in [0.4, 0.5) is 0 Å². The average molecular weight is 386 g/mol. The van der Waals surface area contributed by atoms with E-state index in [1.807, 2.05) is 48.5 Å². The Hall–Kier alpha value is -2.41. The summed E-state index contributed by atoms with van der Waals surface area (Å²) in [5.74, 6) is 1.88. The third-order valence-electron chi connectivity index (χ3n) is 4.66. The number of hydrogen-bond donors (Lipinski definition) is 0. The van der Waals surface area contributed by atoms with Crippen molar-refractivity contribution in [1.82, 2.24) is 15.0 Å². The summed E-state index contributed by atoms with van der Waals surface area (Å²) in [5.41, 5.74) is 1.86. The number of rotatable bonds is 5. The number of methoxy groups -OCH3 is 1. The molecule has 1 aromatic heterocycles. The lowest BCUT2D eigenvalue weighted by atomic mass is 10.1. The molecule has 1 saturated heterocycles.